The number of aldehydes is 1. The number of Topliss-reactive ketones (excluding diaryl/α,β-unsaturated/α-hetero) is 1. The summed E-state index contributed by atoms with van der Waals surface area (Å²) in [5.41, 5.74) is 6.74. The second kappa shape index (κ2) is 12.5. The number of ketones is 1. The van der Waals surface area contributed by atoms with Gasteiger partial charge in [0.1, 0.15) is 18.0 Å². The number of carbonyl (C=O) groups is 4. The van der Waals surface area contributed by atoms with Gasteiger partial charge in [-0.05, 0) is 43.9 Å². The summed E-state index contributed by atoms with van der Waals surface area (Å²) in [6.07, 6.45) is 1.66. The first-order chi connectivity index (χ1) is 15.7. The van der Waals surface area contributed by atoms with Crippen LogP contribution in [0.15, 0.2) is 30.3 Å². The summed E-state index contributed by atoms with van der Waals surface area (Å²) in [7, 11) is 1.57. The third kappa shape index (κ3) is 7.14. The second-order valence-electron chi connectivity index (χ2n) is 8.70. The van der Waals surface area contributed by atoms with Gasteiger partial charge in [0.15, 0.2) is 5.78 Å². The lowest BCUT2D eigenvalue weighted by atomic mass is 9.95. The third-order valence-electron chi connectivity index (χ3n) is 5.65. The van der Waals surface area contributed by atoms with Gasteiger partial charge >= 0.3 is 0 Å². The number of aromatic nitrogens is 1. The van der Waals surface area contributed by atoms with Gasteiger partial charge in [0.2, 0.25) is 5.91 Å². The number of nitrogens with two attached hydrogens (primary N) is 1. The zero-order valence-corrected chi connectivity index (χ0v) is 20.1. The van der Waals surface area contributed by atoms with Crippen molar-refractivity contribution in [3.63, 3.8) is 0 Å². The Hall–Kier alpha value is -2.71. The predicted molar refractivity (Wildman–Crippen MR) is 129 cm³/mol. The molecule has 0 spiro atoms. The number of hydrogen-bond acceptors (Lipinski definition) is 5. The topological polar surface area (TPSA) is 125 Å². The van der Waals surface area contributed by atoms with E-state index in [9.17, 15) is 19.2 Å². The maximum Gasteiger partial charge on any atom is 0.270 e. The number of hydrogen-bond donors (Lipinski definition) is 3. The number of benzene rings is 1. The van der Waals surface area contributed by atoms with E-state index >= 15 is 0 Å². The van der Waals surface area contributed by atoms with Gasteiger partial charge in [-0.3, -0.25) is 14.4 Å². The second-order valence-corrected chi connectivity index (χ2v) is 8.97. The van der Waals surface area contributed by atoms with E-state index in [0.29, 0.717) is 18.5 Å². The summed E-state index contributed by atoms with van der Waals surface area (Å²) in [5.74, 6) is -1.83. The SMILES string of the molecule is CC(C)C[C@@H](C(=O)N[C@@H](C[C@@H](C=O)CCN)C(=O)CCl)N(C)C(=O)c1cc2ccccc2[nH]1. The summed E-state index contributed by atoms with van der Waals surface area (Å²) in [4.78, 5) is 54.7. The summed E-state index contributed by atoms with van der Waals surface area (Å²) in [5, 5.41) is 3.63. The van der Waals surface area contributed by atoms with E-state index < -0.39 is 23.9 Å². The fraction of sp³-hybridized carbons (Fsp3) is 0.500. The highest BCUT2D eigenvalue weighted by Gasteiger charge is 2.32. The number of rotatable bonds is 13. The molecule has 0 radical (unpaired) electrons. The molecular weight excluding hydrogens is 444 g/mol. The summed E-state index contributed by atoms with van der Waals surface area (Å²) in [6.45, 7) is 4.19. The van der Waals surface area contributed by atoms with Gasteiger partial charge in [-0.2, -0.15) is 0 Å². The largest absolute Gasteiger partial charge is 0.351 e. The van der Waals surface area contributed by atoms with Crippen LogP contribution < -0.4 is 11.1 Å². The van der Waals surface area contributed by atoms with Crippen molar-refractivity contribution in [2.75, 3.05) is 19.5 Å². The van der Waals surface area contributed by atoms with Crippen molar-refractivity contribution < 1.29 is 19.2 Å². The Kier molecular flexibility index (Phi) is 10.1. The van der Waals surface area contributed by atoms with Gasteiger partial charge in [0.05, 0.1) is 11.9 Å². The van der Waals surface area contributed by atoms with Crippen LogP contribution in [0.25, 0.3) is 10.9 Å². The predicted octanol–water partition coefficient (Wildman–Crippen LogP) is 2.50. The lowest BCUT2D eigenvalue weighted by molar-refractivity contribution is -0.130. The van der Waals surface area contributed by atoms with E-state index in [1.165, 1.54) is 4.90 Å². The Bertz CT molecular complexity index is 941. The molecule has 0 aliphatic carbocycles. The van der Waals surface area contributed by atoms with Crippen LogP contribution in [0.5, 0.6) is 0 Å². The molecule has 0 unspecified atom stereocenters. The van der Waals surface area contributed by atoms with E-state index in [2.05, 4.69) is 10.3 Å². The van der Waals surface area contributed by atoms with Crippen molar-refractivity contribution in [3.8, 4) is 0 Å². The van der Waals surface area contributed by atoms with Crippen molar-refractivity contribution in [1.29, 1.82) is 0 Å². The molecule has 2 rings (SSSR count). The van der Waals surface area contributed by atoms with Crippen LogP contribution in [-0.4, -0.2) is 65.3 Å². The normalized spacial score (nSPS) is 14.0. The van der Waals surface area contributed by atoms with Crippen LogP contribution in [0.2, 0.25) is 0 Å². The first-order valence-corrected chi connectivity index (χ1v) is 11.6. The fourth-order valence-electron chi connectivity index (χ4n) is 3.80. The van der Waals surface area contributed by atoms with Crippen molar-refractivity contribution in [2.24, 2.45) is 17.6 Å². The van der Waals surface area contributed by atoms with Crippen LogP contribution in [0.1, 0.15) is 43.6 Å². The number of para-hydroxylation sites is 1. The molecule has 4 N–H and O–H groups in total. The zero-order chi connectivity index (χ0) is 24.5. The van der Waals surface area contributed by atoms with Crippen LogP contribution in [0, 0.1) is 11.8 Å². The molecule has 8 nitrogen and oxygen atoms in total. The highest BCUT2D eigenvalue weighted by Crippen LogP contribution is 2.19. The molecule has 0 aliphatic rings. The third-order valence-corrected chi connectivity index (χ3v) is 5.91. The minimum atomic E-state index is -0.928. The number of likely N-dealkylation sites (N-methyl/N-ethyl adjacent to an activating group) is 1. The summed E-state index contributed by atoms with van der Waals surface area (Å²) in [6, 6.07) is 7.54. The highest BCUT2D eigenvalue weighted by atomic mass is 35.5. The molecule has 3 atom stereocenters. The van der Waals surface area contributed by atoms with Gasteiger partial charge in [-0.1, -0.05) is 32.0 Å². The van der Waals surface area contributed by atoms with E-state index in [1.807, 2.05) is 38.1 Å². The number of nitrogens with one attached hydrogen (secondary N) is 2. The maximum absolute atomic E-state index is 13.3. The van der Waals surface area contributed by atoms with Gasteiger partial charge in [-0.15, -0.1) is 11.6 Å². The van der Waals surface area contributed by atoms with Crippen molar-refractivity contribution in [1.82, 2.24) is 15.2 Å². The summed E-state index contributed by atoms with van der Waals surface area (Å²) < 4.78 is 0. The Morgan fingerprint density at radius 3 is 2.48 bits per heavy atom. The zero-order valence-electron chi connectivity index (χ0n) is 19.3. The van der Waals surface area contributed by atoms with E-state index in [0.717, 1.165) is 17.2 Å². The molecular formula is C24H33ClN4O4. The molecule has 2 amide bonds. The molecule has 1 aromatic carbocycles. The van der Waals surface area contributed by atoms with E-state index in [-0.39, 0.29) is 36.5 Å². The summed E-state index contributed by atoms with van der Waals surface area (Å²) >= 11 is 5.75. The van der Waals surface area contributed by atoms with E-state index in [1.54, 1.807) is 13.1 Å². The van der Waals surface area contributed by atoms with Crippen molar-refractivity contribution >= 4 is 46.4 Å². The van der Waals surface area contributed by atoms with Gasteiger partial charge in [-0.25, -0.2) is 0 Å². The van der Waals surface area contributed by atoms with Gasteiger partial charge in [0, 0.05) is 23.9 Å². The fourth-order valence-corrected chi connectivity index (χ4v) is 3.98. The van der Waals surface area contributed by atoms with Crippen LogP contribution in [0.3, 0.4) is 0 Å². The lowest BCUT2D eigenvalue weighted by Gasteiger charge is -2.30. The first kappa shape index (κ1) is 26.5. The average Bonchev–Trinajstić information content (AvgIpc) is 3.24. The molecule has 0 aliphatic heterocycles. The number of carbonyl (C=O) groups excluding carboxylic acids is 4. The molecule has 1 heterocycles. The molecule has 0 fully saturated rings. The number of nitrogens with zero attached hydrogens (tertiary/aromatic N) is 1. The Morgan fingerprint density at radius 2 is 1.91 bits per heavy atom. The standard InChI is InChI=1S/C24H33ClN4O4/c1-15(2)10-21(23(32)28-19(22(31)13-25)11-16(14-30)8-9-26)29(3)24(33)20-12-17-6-4-5-7-18(17)27-20/h4-7,12,14-16,19,21,27H,8-11,13,26H2,1-3H3,(H,28,32)/t16-,19-,21-/m0/s1. The molecule has 1 aromatic heterocycles. The van der Waals surface area contributed by atoms with Crippen molar-refractivity contribution in [3.05, 3.63) is 36.0 Å². The highest BCUT2D eigenvalue weighted by molar-refractivity contribution is 6.28. The molecule has 0 bridgehead atoms. The van der Waals surface area contributed by atoms with Crippen LogP contribution in [-0.2, 0) is 14.4 Å². The molecule has 9 heteroatoms. The number of halogens is 1. The number of amides is 2. The molecule has 180 valence electrons. The Morgan fingerprint density at radius 1 is 1.21 bits per heavy atom. The smallest absolute Gasteiger partial charge is 0.270 e. The molecule has 2 aromatic rings. The van der Waals surface area contributed by atoms with Gasteiger partial charge < -0.3 is 25.7 Å². The minimum Gasteiger partial charge on any atom is -0.351 e. The monoisotopic (exact) mass is 476 g/mol. The molecule has 0 saturated heterocycles. The Labute approximate surface area is 199 Å². The lowest BCUT2D eigenvalue weighted by Crippen LogP contribution is -2.53. The molecule has 0 saturated carbocycles. The number of alkyl halides is 1. The maximum atomic E-state index is 13.3. The first-order valence-electron chi connectivity index (χ1n) is 11.1. The quantitative estimate of drug-likeness (QED) is 0.302. The number of H-pyrrole nitrogens is 1. The minimum absolute atomic E-state index is 0.112. The Balaban J connectivity index is 2.24. The number of fused-ring (bicyclic) bond motifs is 1. The van der Waals surface area contributed by atoms with Crippen LogP contribution in [0.4, 0.5) is 0 Å². The van der Waals surface area contributed by atoms with E-state index in [4.69, 9.17) is 17.3 Å². The number of aromatic amines is 1. The van der Waals surface area contributed by atoms with Crippen molar-refractivity contribution in [2.45, 2.75) is 45.2 Å². The molecule has 33 heavy (non-hydrogen) atoms. The van der Waals surface area contributed by atoms with Crippen LogP contribution >= 0.6 is 11.6 Å². The average molecular weight is 477 g/mol. The van der Waals surface area contributed by atoms with Gasteiger partial charge in [0.25, 0.3) is 5.91 Å².